The summed E-state index contributed by atoms with van der Waals surface area (Å²) >= 11 is 0. The van der Waals surface area contributed by atoms with Crippen LogP contribution in [0.25, 0.3) is 0 Å². The number of rotatable bonds is 1. The molecule has 0 spiro atoms. The van der Waals surface area contributed by atoms with Crippen molar-refractivity contribution in [1.29, 1.82) is 0 Å². The van der Waals surface area contributed by atoms with Gasteiger partial charge in [0.25, 0.3) is 0 Å². The number of carbonyl (C=O) groups excluding carboxylic acids is 1. The Morgan fingerprint density at radius 3 is 2.20 bits per heavy atom. The summed E-state index contributed by atoms with van der Waals surface area (Å²) in [5, 5.41) is 9.15. The molecule has 5 heteroatoms. The van der Waals surface area contributed by atoms with E-state index >= 15 is 0 Å². The molecule has 2 saturated heterocycles. The molecule has 2 aliphatic heterocycles. The highest BCUT2D eigenvalue weighted by Crippen LogP contribution is 2.34. The molecule has 2 fully saturated rings. The fourth-order valence-corrected chi connectivity index (χ4v) is 3.29. The minimum atomic E-state index is -0.790. The smallest absolute Gasteiger partial charge is 0.320 e. The maximum Gasteiger partial charge on any atom is 0.320 e. The Morgan fingerprint density at radius 1 is 1.10 bits per heavy atom. The van der Waals surface area contributed by atoms with Crippen LogP contribution in [-0.4, -0.2) is 53.1 Å². The molecule has 2 amide bonds. The number of hydrogen-bond acceptors (Lipinski definition) is 2. The van der Waals surface area contributed by atoms with Crippen molar-refractivity contribution < 1.29 is 14.7 Å². The van der Waals surface area contributed by atoms with Gasteiger partial charge in [-0.3, -0.25) is 4.79 Å². The molecule has 2 heterocycles. The second kappa shape index (κ2) is 5.26. The van der Waals surface area contributed by atoms with E-state index < -0.39 is 11.9 Å². The van der Waals surface area contributed by atoms with Crippen molar-refractivity contribution in [3.8, 4) is 0 Å². The fraction of sp³-hybridized carbons (Fsp3) is 0.867. The van der Waals surface area contributed by atoms with Gasteiger partial charge < -0.3 is 14.9 Å². The van der Waals surface area contributed by atoms with Crippen LogP contribution in [0.3, 0.4) is 0 Å². The van der Waals surface area contributed by atoms with Gasteiger partial charge in [-0.05, 0) is 23.7 Å². The van der Waals surface area contributed by atoms with Crippen LogP contribution >= 0.6 is 0 Å². The predicted octanol–water partition coefficient (Wildman–Crippen LogP) is 2.13. The minimum Gasteiger partial charge on any atom is -0.481 e. The first-order chi connectivity index (χ1) is 9.20. The summed E-state index contributed by atoms with van der Waals surface area (Å²) in [6.07, 6.45) is 1.04. The van der Waals surface area contributed by atoms with E-state index in [9.17, 15) is 9.59 Å². The van der Waals surface area contributed by atoms with Crippen molar-refractivity contribution in [3.05, 3.63) is 0 Å². The molecule has 0 aromatic rings. The Morgan fingerprint density at radius 2 is 1.75 bits per heavy atom. The molecule has 0 bridgehead atoms. The van der Waals surface area contributed by atoms with Gasteiger partial charge in [-0.15, -0.1) is 0 Å². The summed E-state index contributed by atoms with van der Waals surface area (Å²) in [6, 6.07) is 0.0207. The number of nitrogens with zero attached hydrogens (tertiary/aromatic N) is 2. The Kier molecular flexibility index (Phi) is 3.98. The maximum atomic E-state index is 12.5. The van der Waals surface area contributed by atoms with E-state index in [2.05, 4.69) is 20.8 Å². The number of aliphatic carboxylic acids is 1. The number of amides is 2. The summed E-state index contributed by atoms with van der Waals surface area (Å²) in [7, 11) is 0. The van der Waals surface area contributed by atoms with E-state index in [4.69, 9.17) is 5.11 Å². The lowest BCUT2D eigenvalue weighted by atomic mass is 9.80. The number of carbonyl (C=O) groups is 2. The fourth-order valence-electron chi connectivity index (χ4n) is 3.29. The van der Waals surface area contributed by atoms with Crippen LogP contribution in [0.1, 0.15) is 34.1 Å². The molecule has 3 unspecified atom stereocenters. The van der Waals surface area contributed by atoms with E-state index in [1.54, 1.807) is 4.90 Å². The van der Waals surface area contributed by atoms with Crippen molar-refractivity contribution in [2.45, 2.75) is 34.1 Å². The second-order valence-corrected chi connectivity index (χ2v) is 7.41. The van der Waals surface area contributed by atoms with Gasteiger partial charge in [0, 0.05) is 26.2 Å². The zero-order chi connectivity index (χ0) is 15.1. The molecule has 20 heavy (non-hydrogen) atoms. The molecule has 0 aromatic carbocycles. The van der Waals surface area contributed by atoms with Crippen LogP contribution in [0, 0.1) is 23.2 Å². The Balaban J connectivity index is 1.95. The Bertz CT molecular complexity index is 402. The number of carboxylic acid groups (broad SMARTS) is 1. The summed E-state index contributed by atoms with van der Waals surface area (Å²) in [5.41, 5.74) is 0.219. The zero-order valence-corrected chi connectivity index (χ0v) is 12.9. The summed E-state index contributed by atoms with van der Waals surface area (Å²) in [5.74, 6) is -0.638. The van der Waals surface area contributed by atoms with Crippen LogP contribution < -0.4 is 0 Å². The monoisotopic (exact) mass is 282 g/mol. The lowest BCUT2D eigenvalue weighted by Gasteiger charge is -2.28. The molecular weight excluding hydrogens is 256 g/mol. The molecule has 0 saturated carbocycles. The van der Waals surface area contributed by atoms with Crippen LogP contribution in [0.5, 0.6) is 0 Å². The lowest BCUT2D eigenvalue weighted by Crippen LogP contribution is -2.41. The topological polar surface area (TPSA) is 60.9 Å². The van der Waals surface area contributed by atoms with Crippen molar-refractivity contribution in [3.63, 3.8) is 0 Å². The summed E-state index contributed by atoms with van der Waals surface area (Å²) < 4.78 is 0. The van der Waals surface area contributed by atoms with E-state index in [1.807, 2.05) is 11.8 Å². The molecule has 5 nitrogen and oxygen atoms in total. The van der Waals surface area contributed by atoms with Gasteiger partial charge in [0.2, 0.25) is 0 Å². The van der Waals surface area contributed by atoms with Crippen molar-refractivity contribution >= 4 is 12.0 Å². The first-order valence-corrected chi connectivity index (χ1v) is 7.47. The number of likely N-dealkylation sites (tertiary alicyclic amines) is 2. The molecule has 0 radical (unpaired) electrons. The summed E-state index contributed by atoms with van der Waals surface area (Å²) in [6.45, 7) is 11.1. The molecule has 1 N–H and O–H groups in total. The van der Waals surface area contributed by atoms with Gasteiger partial charge in [-0.25, -0.2) is 4.79 Å². The molecule has 0 aromatic heterocycles. The van der Waals surface area contributed by atoms with Crippen LogP contribution in [0.4, 0.5) is 4.79 Å². The van der Waals surface area contributed by atoms with Crippen LogP contribution in [0.15, 0.2) is 0 Å². The maximum absolute atomic E-state index is 12.5. The van der Waals surface area contributed by atoms with Gasteiger partial charge in [0.15, 0.2) is 0 Å². The van der Waals surface area contributed by atoms with Gasteiger partial charge in [-0.2, -0.15) is 0 Å². The van der Waals surface area contributed by atoms with Gasteiger partial charge in [0.05, 0.1) is 5.92 Å². The molecular formula is C15H26N2O3. The van der Waals surface area contributed by atoms with Crippen molar-refractivity contribution in [2.24, 2.45) is 23.2 Å². The first-order valence-electron chi connectivity index (χ1n) is 7.47. The van der Waals surface area contributed by atoms with Crippen LogP contribution in [0.2, 0.25) is 0 Å². The standard InChI is InChI=1S/C15H26N2O3/c1-10-7-17(9-12(10)13(18)19)14(20)16-6-5-11(8-16)15(2,3)4/h10-12H,5-9H2,1-4H3,(H,18,19). The van der Waals surface area contributed by atoms with Crippen molar-refractivity contribution in [2.75, 3.05) is 26.2 Å². The Hall–Kier alpha value is -1.26. The third kappa shape index (κ3) is 2.91. The number of carboxylic acids is 1. The largest absolute Gasteiger partial charge is 0.481 e. The van der Waals surface area contributed by atoms with Gasteiger partial charge in [-0.1, -0.05) is 27.7 Å². The molecule has 114 valence electrons. The molecule has 2 rings (SSSR count). The quantitative estimate of drug-likeness (QED) is 0.801. The molecule has 2 aliphatic rings. The Labute approximate surface area is 120 Å². The highest BCUT2D eigenvalue weighted by molar-refractivity contribution is 5.78. The normalized spacial score (nSPS) is 30.9. The predicted molar refractivity (Wildman–Crippen MR) is 76.4 cm³/mol. The van der Waals surface area contributed by atoms with Crippen molar-refractivity contribution in [1.82, 2.24) is 9.80 Å². The first kappa shape index (κ1) is 15.1. The second-order valence-electron chi connectivity index (χ2n) is 7.41. The van der Waals surface area contributed by atoms with Crippen LogP contribution in [-0.2, 0) is 4.79 Å². The lowest BCUT2D eigenvalue weighted by molar-refractivity contribution is -0.142. The van der Waals surface area contributed by atoms with E-state index in [0.717, 1.165) is 19.5 Å². The van der Waals surface area contributed by atoms with E-state index in [1.165, 1.54) is 0 Å². The summed E-state index contributed by atoms with van der Waals surface area (Å²) in [4.78, 5) is 27.2. The average Bonchev–Trinajstić information content (AvgIpc) is 2.93. The number of urea groups is 1. The average molecular weight is 282 g/mol. The third-order valence-corrected chi connectivity index (χ3v) is 4.88. The highest BCUT2D eigenvalue weighted by Gasteiger charge is 2.41. The zero-order valence-electron chi connectivity index (χ0n) is 12.9. The molecule has 3 atom stereocenters. The minimum absolute atomic E-state index is 0.0207. The third-order valence-electron chi connectivity index (χ3n) is 4.88. The number of hydrogen-bond donors (Lipinski definition) is 1. The molecule has 0 aliphatic carbocycles. The van der Waals surface area contributed by atoms with Gasteiger partial charge >= 0.3 is 12.0 Å². The highest BCUT2D eigenvalue weighted by atomic mass is 16.4. The van der Waals surface area contributed by atoms with Gasteiger partial charge in [0.1, 0.15) is 0 Å². The van der Waals surface area contributed by atoms with E-state index in [0.29, 0.717) is 19.0 Å². The SMILES string of the molecule is CC1CN(C(=O)N2CCC(C(C)(C)C)C2)CC1C(=O)O. The van der Waals surface area contributed by atoms with E-state index in [-0.39, 0.29) is 17.4 Å².